The SMILES string of the molecule is C[Si](C)(C)CC1=CC2C=CC=CC1C2. The molecule has 0 aromatic rings. The summed E-state index contributed by atoms with van der Waals surface area (Å²) in [6.07, 6.45) is 13.0. The first-order valence-corrected chi connectivity index (χ1v) is 9.31. The second kappa shape index (κ2) is 3.54. The highest BCUT2D eigenvalue weighted by molar-refractivity contribution is 6.76. The van der Waals surface area contributed by atoms with Gasteiger partial charge in [-0.3, -0.25) is 0 Å². The highest BCUT2D eigenvalue weighted by Crippen LogP contribution is 2.38. The minimum Gasteiger partial charge on any atom is -0.0781 e. The van der Waals surface area contributed by atoms with Crippen molar-refractivity contribution in [2.24, 2.45) is 11.8 Å². The number of fused-ring (bicyclic) bond motifs is 2. The van der Waals surface area contributed by atoms with E-state index in [-0.39, 0.29) is 0 Å². The lowest BCUT2D eigenvalue weighted by Gasteiger charge is -2.19. The quantitative estimate of drug-likeness (QED) is 0.471. The Labute approximate surface area is 88.4 Å². The maximum Gasteiger partial charge on any atom is 0.0483 e. The zero-order valence-electron chi connectivity index (χ0n) is 9.46. The molecule has 2 aliphatic carbocycles. The summed E-state index contributed by atoms with van der Waals surface area (Å²) in [5, 5.41) is 0. The van der Waals surface area contributed by atoms with Crippen LogP contribution in [0.25, 0.3) is 0 Å². The third-order valence-corrected chi connectivity index (χ3v) is 4.45. The molecule has 2 atom stereocenters. The van der Waals surface area contributed by atoms with Crippen molar-refractivity contribution < 1.29 is 0 Å². The molecule has 0 heterocycles. The van der Waals surface area contributed by atoms with Crippen molar-refractivity contribution >= 4 is 8.07 Å². The van der Waals surface area contributed by atoms with Gasteiger partial charge in [-0.1, -0.05) is 55.6 Å². The highest BCUT2D eigenvalue weighted by atomic mass is 28.3. The highest BCUT2D eigenvalue weighted by Gasteiger charge is 2.27. The fourth-order valence-corrected chi connectivity index (χ4v) is 4.06. The van der Waals surface area contributed by atoms with Gasteiger partial charge in [-0.15, -0.1) is 0 Å². The smallest absolute Gasteiger partial charge is 0.0483 e. The number of hydrogen-bond acceptors (Lipinski definition) is 0. The van der Waals surface area contributed by atoms with Gasteiger partial charge in [0.25, 0.3) is 0 Å². The van der Waals surface area contributed by atoms with Gasteiger partial charge in [0.1, 0.15) is 0 Å². The molecule has 0 amide bonds. The second-order valence-corrected chi connectivity index (χ2v) is 11.2. The molecule has 1 heteroatoms. The van der Waals surface area contributed by atoms with Crippen molar-refractivity contribution in [1.29, 1.82) is 0 Å². The monoisotopic (exact) mass is 204 g/mol. The van der Waals surface area contributed by atoms with Crippen LogP contribution >= 0.6 is 0 Å². The number of hydrogen-bond donors (Lipinski definition) is 0. The average molecular weight is 204 g/mol. The maximum absolute atomic E-state index is 2.52. The van der Waals surface area contributed by atoms with Crippen LogP contribution in [0.4, 0.5) is 0 Å². The van der Waals surface area contributed by atoms with Gasteiger partial charge < -0.3 is 0 Å². The van der Waals surface area contributed by atoms with E-state index in [0.29, 0.717) is 0 Å². The molecule has 2 rings (SSSR count). The lowest BCUT2D eigenvalue weighted by Crippen LogP contribution is -2.21. The molecule has 2 aliphatic rings. The van der Waals surface area contributed by atoms with E-state index in [1.165, 1.54) is 12.5 Å². The maximum atomic E-state index is 2.52. The van der Waals surface area contributed by atoms with Crippen LogP contribution < -0.4 is 0 Å². The molecule has 2 unspecified atom stereocenters. The summed E-state index contributed by atoms with van der Waals surface area (Å²) in [6.45, 7) is 7.39. The molecule has 76 valence electrons. The molecule has 0 fully saturated rings. The third-order valence-electron chi connectivity index (χ3n) is 2.98. The van der Waals surface area contributed by atoms with Crippen molar-refractivity contribution in [2.75, 3.05) is 0 Å². The summed E-state index contributed by atoms with van der Waals surface area (Å²) >= 11 is 0. The molecular formula is C13H20Si. The van der Waals surface area contributed by atoms with E-state index in [1.54, 1.807) is 5.57 Å². The molecule has 0 aromatic carbocycles. The Bertz CT molecular complexity index is 302. The Morgan fingerprint density at radius 2 is 1.93 bits per heavy atom. The van der Waals surface area contributed by atoms with E-state index in [1.807, 2.05) is 0 Å². The van der Waals surface area contributed by atoms with Gasteiger partial charge in [-0.05, 0) is 24.3 Å². The van der Waals surface area contributed by atoms with Crippen LogP contribution in [0.3, 0.4) is 0 Å². The Hall–Kier alpha value is -0.563. The molecule has 0 radical (unpaired) electrons. The average Bonchev–Trinajstić information content (AvgIpc) is 2.29. The number of rotatable bonds is 2. The van der Waals surface area contributed by atoms with E-state index >= 15 is 0 Å². The fraction of sp³-hybridized carbons (Fsp3) is 0.538. The number of allylic oxidation sites excluding steroid dienone is 6. The molecule has 0 saturated carbocycles. The first-order valence-electron chi connectivity index (χ1n) is 5.60. The van der Waals surface area contributed by atoms with E-state index in [4.69, 9.17) is 0 Å². The second-order valence-electron chi connectivity index (χ2n) is 5.75. The zero-order chi connectivity index (χ0) is 10.2. The first-order chi connectivity index (χ1) is 6.54. The normalized spacial score (nSPS) is 30.4. The van der Waals surface area contributed by atoms with Gasteiger partial charge in [-0.25, -0.2) is 0 Å². The fourth-order valence-electron chi connectivity index (χ4n) is 2.46. The van der Waals surface area contributed by atoms with Crippen LogP contribution in [0, 0.1) is 11.8 Å². The predicted octanol–water partition coefficient (Wildman–Crippen LogP) is 4.01. The van der Waals surface area contributed by atoms with E-state index in [0.717, 1.165) is 11.8 Å². The summed E-state index contributed by atoms with van der Waals surface area (Å²) in [7, 11) is -0.925. The van der Waals surface area contributed by atoms with Crippen molar-refractivity contribution in [3.63, 3.8) is 0 Å². The van der Waals surface area contributed by atoms with Gasteiger partial charge in [0.15, 0.2) is 0 Å². The zero-order valence-corrected chi connectivity index (χ0v) is 10.5. The van der Waals surface area contributed by atoms with Crippen LogP contribution in [0.1, 0.15) is 6.42 Å². The van der Waals surface area contributed by atoms with Crippen LogP contribution in [-0.2, 0) is 0 Å². The molecular weight excluding hydrogens is 184 g/mol. The van der Waals surface area contributed by atoms with Crippen molar-refractivity contribution in [3.05, 3.63) is 36.0 Å². The lowest BCUT2D eigenvalue weighted by atomic mass is 10.0. The molecule has 2 bridgehead atoms. The van der Waals surface area contributed by atoms with E-state index in [2.05, 4.69) is 50.0 Å². The van der Waals surface area contributed by atoms with Gasteiger partial charge in [0, 0.05) is 8.07 Å². The summed E-state index contributed by atoms with van der Waals surface area (Å²) < 4.78 is 0. The van der Waals surface area contributed by atoms with Gasteiger partial charge in [-0.2, -0.15) is 0 Å². The molecule has 0 nitrogen and oxygen atoms in total. The van der Waals surface area contributed by atoms with Crippen LogP contribution in [0.2, 0.25) is 25.7 Å². The first kappa shape index (κ1) is 9.97. The van der Waals surface area contributed by atoms with Crippen LogP contribution in [0.15, 0.2) is 36.0 Å². The van der Waals surface area contributed by atoms with Crippen LogP contribution in [0.5, 0.6) is 0 Å². The minimum absolute atomic E-state index is 0.723. The van der Waals surface area contributed by atoms with Gasteiger partial charge in [0.2, 0.25) is 0 Å². The minimum atomic E-state index is -0.925. The largest absolute Gasteiger partial charge is 0.0781 e. The standard InChI is InChI=1S/C13H20Si/c1-14(2,3)10-13-9-11-6-4-5-7-12(13)8-11/h4-7,9,11-12H,8,10H2,1-3H3. The molecule has 0 aromatic heterocycles. The summed E-state index contributed by atoms with van der Waals surface area (Å²) in [4.78, 5) is 0. The molecule has 0 saturated heterocycles. The molecule has 0 aliphatic heterocycles. The predicted molar refractivity (Wildman–Crippen MR) is 66.1 cm³/mol. The summed E-state index contributed by atoms with van der Waals surface area (Å²) in [5.74, 6) is 1.48. The van der Waals surface area contributed by atoms with Crippen molar-refractivity contribution in [1.82, 2.24) is 0 Å². The Kier molecular flexibility index (Phi) is 2.52. The van der Waals surface area contributed by atoms with E-state index in [9.17, 15) is 0 Å². The van der Waals surface area contributed by atoms with Gasteiger partial charge in [0.05, 0.1) is 0 Å². The lowest BCUT2D eigenvalue weighted by molar-refractivity contribution is 0.666. The Morgan fingerprint density at radius 3 is 2.64 bits per heavy atom. The van der Waals surface area contributed by atoms with Crippen molar-refractivity contribution in [3.8, 4) is 0 Å². The topological polar surface area (TPSA) is 0 Å². The van der Waals surface area contributed by atoms with Gasteiger partial charge >= 0.3 is 0 Å². The Morgan fingerprint density at radius 1 is 1.21 bits per heavy atom. The molecule has 0 N–H and O–H groups in total. The molecule has 0 spiro atoms. The summed E-state index contributed by atoms with van der Waals surface area (Å²) in [6, 6.07) is 1.38. The van der Waals surface area contributed by atoms with Crippen molar-refractivity contribution in [2.45, 2.75) is 32.1 Å². The van der Waals surface area contributed by atoms with Crippen LogP contribution in [-0.4, -0.2) is 8.07 Å². The summed E-state index contributed by atoms with van der Waals surface area (Å²) in [5.41, 5.74) is 1.72. The molecule has 14 heavy (non-hydrogen) atoms. The Balaban J connectivity index is 2.14. The third kappa shape index (κ3) is 2.27. The van der Waals surface area contributed by atoms with E-state index < -0.39 is 8.07 Å².